The molecule has 0 atom stereocenters. The molecule has 2 heteroatoms. The number of hydrogen-bond donors (Lipinski definition) is 0. The molecule has 0 N–H and O–H groups in total. The van der Waals surface area contributed by atoms with Gasteiger partial charge in [-0.2, -0.15) is 0 Å². The first-order valence-electron chi connectivity index (χ1n) is 9.54. The van der Waals surface area contributed by atoms with Crippen molar-refractivity contribution < 1.29 is 4.79 Å². The van der Waals surface area contributed by atoms with Crippen molar-refractivity contribution >= 4 is 16.6 Å². The van der Waals surface area contributed by atoms with Crippen molar-refractivity contribution in [1.29, 1.82) is 0 Å². The monoisotopic (exact) mass is 343 g/mol. The van der Waals surface area contributed by atoms with E-state index in [-0.39, 0.29) is 5.92 Å². The van der Waals surface area contributed by atoms with Crippen molar-refractivity contribution in [2.24, 2.45) is 5.92 Å². The molecule has 0 amide bonds. The van der Waals surface area contributed by atoms with Gasteiger partial charge in [0, 0.05) is 18.9 Å². The van der Waals surface area contributed by atoms with Gasteiger partial charge in [-0.05, 0) is 47.8 Å². The van der Waals surface area contributed by atoms with Crippen molar-refractivity contribution in [2.75, 3.05) is 13.1 Å². The topological polar surface area (TPSA) is 20.3 Å². The Bertz CT molecular complexity index is 879. The largest absolute Gasteiger partial charge is 0.299 e. The van der Waals surface area contributed by atoms with Gasteiger partial charge in [0.1, 0.15) is 5.78 Å². The minimum absolute atomic E-state index is 0.216. The summed E-state index contributed by atoms with van der Waals surface area (Å²) in [5.74, 6) is 0.619. The lowest BCUT2D eigenvalue weighted by molar-refractivity contribution is -0.123. The van der Waals surface area contributed by atoms with Crippen LogP contribution in [0.4, 0.5) is 0 Å². The minimum Gasteiger partial charge on any atom is -0.299 e. The lowest BCUT2D eigenvalue weighted by Crippen LogP contribution is -2.36. The van der Waals surface area contributed by atoms with E-state index in [9.17, 15) is 4.79 Å². The van der Waals surface area contributed by atoms with Gasteiger partial charge >= 0.3 is 0 Å². The smallest absolute Gasteiger partial charge is 0.140 e. The zero-order chi connectivity index (χ0) is 17.8. The van der Waals surface area contributed by atoms with Crippen molar-refractivity contribution in [1.82, 2.24) is 4.90 Å². The number of rotatable bonds is 5. The van der Waals surface area contributed by atoms with Crippen LogP contribution >= 0.6 is 0 Å². The number of likely N-dealkylation sites (tertiary alicyclic amines) is 1. The molecule has 2 nitrogen and oxygen atoms in total. The standard InChI is InChI=1S/C24H25NO/c26-24(17-20-10-11-21-8-4-5-9-23(21)16-20)22-12-14-25(15-13-22)18-19-6-2-1-3-7-19/h1-11,16,22H,12-15,17-18H2. The number of hydrogen-bond acceptors (Lipinski definition) is 2. The van der Waals surface area contributed by atoms with Gasteiger partial charge in [0.25, 0.3) is 0 Å². The lowest BCUT2D eigenvalue weighted by Gasteiger charge is -2.31. The van der Waals surface area contributed by atoms with Crippen LogP contribution in [0.25, 0.3) is 10.8 Å². The molecule has 0 unspecified atom stereocenters. The van der Waals surface area contributed by atoms with Gasteiger partial charge < -0.3 is 0 Å². The zero-order valence-corrected chi connectivity index (χ0v) is 15.1. The van der Waals surface area contributed by atoms with Crippen LogP contribution in [0.3, 0.4) is 0 Å². The molecule has 1 fully saturated rings. The van der Waals surface area contributed by atoms with Gasteiger partial charge in [-0.15, -0.1) is 0 Å². The summed E-state index contributed by atoms with van der Waals surface area (Å²) < 4.78 is 0. The molecule has 0 aromatic heterocycles. The van der Waals surface area contributed by atoms with Crippen LogP contribution in [0.2, 0.25) is 0 Å². The molecule has 132 valence electrons. The van der Waals surface area contributed by atoms with Gasteiger partial charge in [-0.1, -0.05) is 72.8 Å². The van der Waals surface area contributed by atoms with Crippen molar-refractivity contribution in [3.05, 3.63) is 83.9 Å². The highest BCUT2D eigenvalue weighted by Crippen LogP contribution is 2.23. The summed E-state index contributed by atoms with van der Waals surface area (Å²) >= 11 is 0. The van der Waals surface area contributed by atoms with Crippen LogP contribution in [0, 0.1) is 5.92 Å². The number of Topliss-reactive ketones (excluding diaryl/α,β-unsaturated/α-hetero) is 1. The molecule has 26 heavy (non-hydrogen) atoms. The predicted molar refractivity (Wildman–Crippen MR) is 107 cm³/mol. The van der Waals surface area contributed by atoms with Crippen LogP contribution in [-0.4, -0.2) is 23.8 Å². The SMILES string of the molecule is O=C(Cc1ccc2ccccc2c1)C1CCN(Cc2ccccc2)CC1. The van der Waals surface area contributed by atoms with E-state index in [1.165, 1.54) is 16.3 Å². The van der Waals surface area contributed by atoms with E-state index in [0.717, 1.165) is 38.0 Å². The van der Waals surface area contributed by atoms with Crippen molar-refractivity contribution in [2.45, 2.75) is 25.8 Å². The predicted octanol–water partition coefficient (Wildman–Crippen LogP) is 4.86. The van der Waals surface area contributed by atoms with E-state index < -0.39 is 0 Å². The quantitative estimate of drug-likeness (QED) is 0.659. The Morgan fingerprint density at radius 1 is 0.808 bits per heavy atom. The highest BCUT2D eigenvalue weighted by molar-refractivity contribution is 5.87. The van der Waals surface area contributed by atoms with Crippen LogP contribution in [0.1, 0.15) is 24.0 Å². The molecule has 3 aromatic carbocycles. The second-order valence-corrected chi connectivity index (χ2v) is 7.36. The fraction of sp³-hybridized carbons (Fsp3) is 0.292. The molecule has 1 saturated heterocycles. The van der Waals surface area contributed by atoms with E-state index in [4.69, 9.17) is 0 Å². The summed E-state index contributed by atoms with van der Waals surface area (Å²) in [6.07, 6.45) is 2.53. The van der Waals surface area contributed by atoms with Crippen LogP contribution in [0.5, 0.6) is 0 Å². The normalized spacial score (nSPS) is 16.0. The van der Waals surface area contributed by atoms with Gasteiger partial charge in [0.15, 0.2) is 0 Å². The maximum Gasteiger partial charge on any atom is 0.140 e. The number of fused-ring (bicyclic) bond motifs is 1. The van der Waals surface area contributed by atoms with Gasteiger partial charge in [-0.25, -0.2) is 0 Å². The summed E-state index contributed by atoms with van der Waals surface area (Å²) in [4.78, 5) is 15.2. The molecule has 1 aliphatic heterocycles. The number of piperidine rings is 1. The Morgan fingerprint density at radius 2 is 1.50 bits per heavy atom. The minimum atomic E-state index is 0.216. The van der Waals surface area contributed by atoms with E-state index in [2.05, 4.69) is 77.7 Å². The number of nitrogens with zero attached hydrogens (tertiary/aromatic N) is 1. The second kappa shape index (κ2) is 7.84. The molecule has 0 bridgehead atoms. The summed E-state index contributed by atoms with van der Waals surface area (Å²) in [5.41, 5.74) is 2.49. The molecular formula is C24H25NO. The summed E-state index contributed by atoms with van der Waals surface area (Å²) in [6, 6.07) is 25.3. The Kier molecular flexibility index (Phi) is 5.12. The molecular weight excluding hydrogens is 318 g/mol. The number of ketones is 1. The Morgan fingerprint density at radius 3 is 2.27 bits per heavy atom. The average molecular weight is 343 g/mol. The third-order valence-electron chi connectivity index (χ3n) is 5.48. The van der Waals surface area contributed by atoms with Crippen LogP contribution in [0.15, 0.2) is 72.8 Å². The second-order valence-electron chi connectivity index (χ2n) is 7.36. The maximum atomic E-state index is 12.8. The molecule has 0 spiro atoms. The highest BCUT2D eigenvalue weighted by Gasteiger charge is 2.24. The molecule has 3 aromatic rings. The molecule has 1 aliphatic rings. The Balaban J connectivity index is 1.33. The van der Waals surface area contributed by atoms with Crippen molar-refractivity contribution in [3.8, 4) is 0 Å². The average Bonchev–Trinajstić information content (AvgIpc) is 2.69. The third kappa shape index (κ3) is 4.03. The molecule has 0 radical (unpaired) electrons. The summed E-state index contributed by atoms with van der Waals surface area (Å²) in [7, 11) is 0. The van der Waals surface area contributed by atoms with Gasteiger partial charge in [0.2, 0.25) is 0 Å². The first-order chi connectivity index (χ1) is 12.8. The maximum absolute atomic E-state index is 12.8. The summed E-state index contributed by atoms with van der Waals surface area (Å²) in [5, 5.41) is 2.45. The number of carbonyl (C=O) groups is 1. The van der Waals surface area contributed by atoms with Crippen molar-refractivity contribution in [3.63, 3.8) is 0 Å². The van der Waals surface area contributed by atoms with Crippen LogP contribution < -0.4 is 0 Å². The van der Waals surface area contributed by atoms with E-state index in [0.29, 0.717) is 12.2 Å². The molecule has 1 heterocycles. The number of carbonyl (C=O) groups excluding carboxylic acids is 1. The lowest BCUT2D eigenvalue weighted by atomic mass is 9.89. The van der Waals surface area contributed by atoms with E-state index >= 15 is 0 Å². The van der Waals surface area contributed by atoms with E-state index in [1.807, 2.05) is 0 Å². The summed E-state index contributed by atoms with van der Waals surface area (Å²) in [6.45, 7) is 3.03. The first-order valence-corrected chi connectivity index (χ1v) is 9.54. The van der Waals surface area contributed by atoms with Gasteiger partial charge in [0.05, 0.1) is 0 Å². The van der Waals surface area contributed by atoms with Gasteiger partial charge in [-0.3, -0.25) is 9.69 Å². The molecule has 0 aliphatic carbocycles. The third-order valence-corrected chi connectivity index (χ3v) is 5.48. The first kappa shape index (κ1) is 17.0. The molecule has 0 saturated carbocycles. The fourth-order valence-corrected chi connectivity index (χ4v) is 3.95. The van der Waals surface area contributed by atoms with Crippen LogP contribution in [-0.2, 0) is 17.8 Å². The highest BCUT2D eigenvalue weighted by atomic mass is 16.1. The number of benzene rings is 3. The molecule has 4 rings (SSSR count). The van der Waals surface area contributed by atoms with E-state index in [1.54, 1.807) is 0 Å². The zero-order valence-electron chi connectivity index (χ0n) is 15.1. The Labute approximate surface area is 155 Å². The Hall–Kier alpha value is -2.45. The fourth-order valence-electron chi connectivity index (χ4n) is 3.95.